The Morgan fingerprint density at radius 2 is 0.979 bits per heavy atom. The first-order chi connectivity index (χ1) is 22.8. The van der Waals surface area contributed by atoms with Gasteiger partial charge in [0.1, 0.15) is 12.7 Å². The highest BCUT2D eigenvalue weighted by molar-refractivity contribution is 14.1. The van der Waals surface area contributed by atoms with E-state index in [0.29, 0.717) is 0 Å². The quantitative estimate of drug-likeness (QED) is 0.0817. The first-order valence-corrected chi connectivity index (χ1v) is 16.2. The minimum atomic E-state index is -2.00. The molecule has 5 atom stereocenters. The van der Waals surface area contributed by atoms with Crippen LogP contribution < -0.4 is 0 Å². The Morgan fingerprint density at radius 1 is 0.596 bits per heavy atom. The maximum absolute atomic E-state index is 13.6. The van der Waals surface area contributed by atoms with Crippen molar-refractivity contribution in [1.82, 2.24) is 0 Å². The number of carbonyl (C=O) groups excluding carboxylic acids is 4. The molecular weight excluding hydrogens is 719 g/mol. The van der Waals surface area contributed by atoms with E-state index in [1.807, 2.05) is 22.6 Å². The fraction of sp³-hybridized carbons (Fsp3) is 0.222. The van der Waals surface area contributed by atoms with E-state index in [9.17, 15) is 19.2 Å². The Balaban J connectivity index is 1.57. The molecule has 1 unspecified atom stereocenters. The number of rotatable bonds is 11. The van der Waals surface area contributed by atoms with Crippen LogP contribution in [0.5, 0.6) is 0 Å². The number of esters is 4. The van der Waals surface area contributed by atoms with Crippen LogP contribution in [0.1, 0.15) is 41.4 Å². The fourth-order valence-corrected chi connectivity index (χ4v) is 5.71. The molecule has 1 aliphatic rings. The molecule has 0 saturated carbocycles. The Kier molecular flexibility index (Phi) is 11.4. The lowest BCUT2D eigenvalue weighted by Crippen LogP contribution is -2.70. The molecule has 1 aliphatic heterocycles. The van der Waals surface area contributed by atoms with Crippen molar-refractivity contribution in [2.45, 2.75) is 30.2 Å². The topological polar surface area (TPSA) is 124 Å². The molecule has 1 saturated heterocycles. The van der Waals surface area contributed by atoms with E-state index in [0.717, 1.165) is 0 Å². The zero-order valence-electron chi connectivity index (χ0n) is 25.2. The molecule has 0 aromatic heterocycles. The Bertz CT molecular complexity index is 1650. The summed E-state index contributed by atoms with van der Waals surface area (Å²) in [6.07, 6.45) is -5.33. The molecule has 0 amide bonds. The Labute approximate surface area is 285 Å². The van der Waals surface area contributed by atoms with E-state index in [4.69, 9.17) is 28.4 Å². The SMILES string of the molecule is COC1(COC(=O)c2ccccc2)O[C@H](CI)[C@H](OC(=O)c2ccccc2)[C@@H](OC(=O)c2ccccc2)[C@@H]1OC(=O)c1ccccc1. The van der Waals surface area contributed by atoms with Crippen LogP contribution in [0.2, 0.25) is 0 Å². The van der Waals surface area contributed by atoms with Gasteiger partial charge in [-0.1, -0.05) is 95.4 Å². The molecule has 4 aromatic carbocycles. The summed E-state index contributed by atoms with van der Waals surface area (Å²) in [5.41, 5.74) is 0.885. The number of methoxy groups -OCH3 is 1. The summed E-state index contributed by atoms with van der Waals surface area (Å²) in [4.78, 5) is 53.6. The normalized spacial score (nSPS) is 22.0. The number of ether oxygens (including phenoxy) is 6. The molecular formula is C36H31IO10. The number of carbonyl (C=O) groups is 4. The lowest BCUT2D eigenvalue weighted by atomic mass is 9.92. The summed E-state index contributed by atoms with van der Waals surface area (Å²) >= 11 is 2.04. The largest absolute Gasteiger partial charge is 0.456 e. The van der Waals surface area contributed by atoms with Crippen molar-refractivity contribution in [2.75, 3.05) is 18.1 Å². The number of hydrogen-bond acceptors (Lipinski definition) is 10. The highest BCUT2D eigenvalue weighted by Gasteiger charge is 2.61. The molecule has 0 N–H and O–H groups in total. The molecule has 0 bridgehead atoms. The van der Waals surface area contributed by atoms with Gasteiger partial charge >= 0.3 is 23.9 Å². The van der Waals surface area contributed by atoms with Crippen molar-refractivity contribution < 1.29 is 47.6 Å². The zero-order valence-corrected chi connectivity index (χ0v) is 27.4. The molecule has 47 heavy (non-hydrogen) atoms. The van der Waals surface area contributed by atoms with Crippen LogP contribution in [0.4, 0.5) is 0 Å². The van der Waals surface area contributed by atoms with E-state index in [1.165, 1.54) is 7.11 Å². The van der Waals surface area contributed by atoms with Crippen molar-refractivity contribution in [3.63, 3.8) is 0 Å². The summed E-state index contributed by atoms with van der Waals surface area (Å²) in [6, 6.07) is 32.8. The molecule has 0 spiro atoms. The van der Waals surface area contributed by atoms with Gasteiger partial charge in [-0.05, 0) is 48.5 Å². The van der Waals surface area contributed by atoms with Gasteiger partial charge in [0, 0.05) is 11.5 Å². The van der Waals surface area contributed by atoms with Crippen molar-refractivity contribution in [3.05, 3.63) is 144 Å². The summed E-state index contributed by atoms with van der Waals surface area (Å²) < 4.78 is 36.3. The standard InChI is InChI=1S/C36H31IO10/c1-42-36(23-43-32(38)24-14-6-2-7-15-24)31(46-35(41)27-20-12-5-13-21-27)30(45-34(40)26-18-10-4-11-19-26)29(28(22-37)47-36)44-33(39)25-16-8-3-9-17-25/h2-21,28-31H,22-23H2,1H3/t28-,29+,30-,31+,36?/m1/s1. The highest BCUT2D eigenvalue weighted by atomic mass is 127. The van der Waals surface area contributed by atoms with Gasteiger partial charge in [-0.3, -0.25) is 0 Å². The lowest BCUT2D eigenvalue weighted by Gasteiger charge is -2.49. The minimum Gasteiger partial charge on any atom is -0.456 e. The molecule has 11 heteroatoms. The van der Waals surface area contributed by atoms with Crippen LogP contribution in [-0.2, 0) is 28.4 Å². The lowest BCUT2D eigenvalue weighted by molar-refractivity contribution is -0.355. The van der Waals surface area contributed by atoms with Crippen LogP contribution >= 0.6 is 22.6 Å². The number of alkyl halides is 1. The van der Waals surface area contributed by atoms with Gasteiger partial charge in [0.2, 0.25) is 5.79 Å². The maximum atomic E-state index is 13.6. The number of halogens is 1. The van der Waals surface area contributed by atoms with Crippen LogP contribution in [0.15, 0.2) is 121 Å². The van der Waals surface area contributed by atoms with Gasteiger partial charge in [-0.25, -0.2) is 19.2 Å². The third kappa shape index (κ3) is 8.05. The average Bonchev–Trinajstić information content (AvgIpc) is 3.13. The van der Waals surface area contributed by atoms with Crippen LogP contribution in [0, 0.1) is 0 Å². The predicted octanol–water partition coefficient (Wildman–Crippen LogP) is 5.70. The van der Waals surface area contributed by atoms with Crippen molar-refractivity contribution in [1.29, 1.82) is 0 Å². The maximum Gasteiger partial charge on any atom is 0.338 e. The molecule has 0 aliphatic carbocycles. The van der Waals surface area contributed by atoms with Gasteiger partial charge in [-0.2, -0.15) is 0 Å². The van der Waals surface area contributed by atoms with Crippen molar-refractivity contribution in [3.8, 4) is 0 Å². The first kappa shape index (κ1) is 33.8. The second-order valence-corrected chi connectivity index (χ2v) is 11.3. The Hall–Kier alpha value is -4.59. The number of benzene rings is 4. The smallest absolute Gasteiger partial charge is 0.338 e. The highest BCUT2D eigenvalue weighted by Crippen LogP contribution is 2.38. The van der Waals surface area contributed by atoms with Gasteiger partial charge in [0.05, 0.1) is 22.3 Å². The van der Waals surface area contributed by atoms with Gasteiger partial charge < -0.3 is 28.4 Å². The van der Waals surface area contributed by atoms with Crippen molar-refractivity contribution >= 4 is 46.5 Å². The molecule has 0 radical (unpaired) electrons. The molecule has 1 fully saturated rings. The summed E-state index contributed by atoms with van der Waals surface area (Å²) in [5, 5.41) is 0. The van der Waals surface area contributed by atoms with Gasteiger partial charge in [0.15, 0.2) is 18.3 Å². The van der Waals surface area contributed by atoms with Crippen LogP contribution in [0.25, 0.3) is 0 Å². The molecule has 10 nitrogen and oxygen atoms in total. The predicted molar refractivity (Wildman–Crippen MR) is 177 cm³/mol. The summed E-state index contributed by atoms with van der Waals surface area (Å²) in [5.74, 6) is -5.00. The molecule has 5 rings (SSSR count). The van der Waals surface area contributed by atoms with E-state index >= 15 is 0 Å². The zero-order chi connectivity index (χ0) is 33.2. The fourth-order valence-electron chi connectivity index (χ4n) is 5.02. The van der Waals surface area contributed by atoms with Gasteiger partial charge in [-0.15, -0.1) is 0 Å². The second-order valence-electron chi connectivity index (χ2n) is 10.4. The summed E-state index contributed by atoms with van der Waals surface area (Å²) in [7, 11) is 1.29. The monoisotopic (exact) mass is 750 g/mol. The third-order valence-corrected chi connectivity index (χ3v) is 8.30. The molecule has 242 valence electrons. The summed E-state index contributed by atoms with van der Waals surface area (Å²) in [6.45, 7) is -0.574. The Morgan fingerprint density at radius 3 is 1.38 bits per heavy atom. The van der Waals surface area contributed by atoms with Crippen molar-refractivity contribution in [2.24, 2.45) is 0 Å². The van der Waals surface area contributed by atoms with Crippen LogP contribution in [0.3, 0.4) is 0 Å². The second kappa shape index (κ2) is 15.8. The van der Waals surface area contributed by atoms with Crippen LogP contribution in [-0.4, -0.2) is 72.2 Å². The van der Waals surface area contributed by atoms with E-state index in [-0.39, 0.29) is 26.7 Å². The first-order valence-electron chi connectivity index (χ1n) is 14.6. The minimum absolute atomic E-state index is 0.181. The van der Waals surface area contributed by atoms with E-state index < -0.39 is 60.7 Å². The van der Waals surface area contributed by atoms with Gasteiger partial charge in [0.25, 0.3) is 0 Å². The van der Waals surface area contributed by atoms with E-state index in [1.54, 1.807) is 121 Å². The molecule has 4 aromatic rings. The molecule has 1 heterocycles. The third-order valence-electron chi connectivity index (χ3n) is 7.43. The van der Waals surface area contributed by atoms with E-state index in [2.05, 4.69) is 0 Å². The average molecular weight is 751 g/mol. The number of hydrogen-bond donors (Lipinski definition) is 0.